The van der Waals surface area contributed by atoms with Gasteiger partial charge in [0, 0.05) is 31.6 Å². The van der Waals surface area contributed by atoms with Gasteiger partial charge in [0.2, 0.25) is 5.91 Å². The minimum absolute atomic E-state index is 0.152. The Balaban J connectivity index is 1.88. The highest BCUT2D eigenvalue weighted by atomic mass is 19.4. The van der Waals surface area contributed by atoms with Crippen molar-refractivity contribution < 1.29 is 32.3 Å². The summed E-state index contributed by atoms with van der Waals surface area (Å²) in [5.74, 6) is -1.37. The molecular weight excluding hydrogens is 401 g/mol. The van der Waals surface area contributed by atoms with Crippen LogP contribution in [-0.2, 0) is 20.5 Å². The minimum atomic E-state index is -4.45. The Morgan fingerprint density at radius 1 is 1.07 bits per heavy atom. The lowest BCUT2D eigenvalue weighted by Gasteiger charge is -2.33. The van der Waals surface area contributed by atoms with E-state index in [0.29, 0.717) is 25.9 Å². The summed E-state index contributed by atoms with van der Waals surface area (Å²) in [7, 11) is 1.53. The fraction of sp³-hybridized carbons (Fsp3) is 0.571. The zero-order valence-corrected chi connectivity index (χ0v) is 17.6. The first-order valence-corrected chi connectivity index (χ1v) is 9.71. The number of nitrogens with zero attached hydrogens (tertiary/aromatic N) is 2. The Morgan fingerprint density at radius 3 is 2.07 bits per heavy atom. The summed E-state index contributed by atoms with van der Waals surface area (Å²) in [4.78, 5) is 39.9. The highest BCUT2D eigenvalue weighted by molar-refractivity contribution is 5.94. The van der Waals surface area contributed by atoms with Gasteiger partial charge in [-0.1, -0.05) is 0 Å². The average Bonchev–Trinajstić information content (AvgIpc) is 2.64. The molecule has 1 aliphatic heterocycles. The van der Waals surface area contributed by atoms with Gasteiger partial charge in [0.15, 0.2) is 0 Å². The third kappa shape index (κ3) is 6.47. The maximum absolute atomic E-state index is 12.7. The van der Waals surface area contributed by atoms with E-state index in [1.54, 1.807) is 20.8 Å². The van der Waals surface area contributed by atoms with Crippen LogP contribution < -0.4 is 0 Å². The van der Waals surface area contributed by atoms with Crippen molar-refractivity contribution in [2.45, 2.75) is 45.4 Å². The van der Waals surface area contributed by atoms with Gasteiger partial charge in [0.25, 0.3) is 5.91 Å². The van der Waals surface area contributed by atoms with Crippen LogP contribution in [0.1, 0.15) is 49.5 Å². The number of esters is 1. The van der Waals surface area contributed by atoms with Crippen LogP contribution in [0.4, 0.5) is 13.2 Å². The zero-order chi connectivity index (χ0) is 22.7. The molecule has 2 rings (SSSR count). The number of ether oxygens (including phenoxy) is 1. The Labute approximate surface area is 174 Å². The molecule has 9 heteroatoms. The fourth-order valence-electron chi connectivity index (χ4n) is 3.27. The van der Waals surface area contributed by atoms with Crippen LogP contribution >= 0.6 is 0 Å². The van der Waals surface area contributed by atoms with E-state index in [1.807, 2.05) is 0 Å². The summed E-state index contributed by atoms with van der Waals surface area (Å²) < 4.78 is 43.2. The van der Waals surface area contributed by atoms with Gasteiger partial charge < -0.3 is 14.5 Å². The van der Waals surface area contributed by atoms with Crippen LogP contribution in [0.15, 0.2) is 24.3 Å². The van der Waals surface area contributed by atoms with Gasteiger partial charge in [-0.15, -0.1) is 0 Å². The predicted octanol–water partition coefficient (Wildman–Crippen LogP) is 3.36. The van der Waals surface area contributed by atoms with E-state index < -0.39 is 23.3 Å². The Hall–Kier alpha value is -2.58. The molecule has 1 saturated heterocycles. The maximum Gasteiger partial charge on any atom is 0.416 e. The molecule has 0 spiro atoms. The molecule has 0 aromatic heterocycles. The largest absolute Gasteiger partial charge is 0.459 e. The number of piperidine rings is 1. The number of hydrogen-bond acceptors (Lipinski definition) is 4. The first kappa shape index (κ1) is 23.7. The van der Waals surface area contributed by atoms with Gasteiger partial charge in [0.1, 0.15) is 12.1 Å². The third-order valence-electron chi connectivity index (χ3n) is 4.75. The third-order valence-corrected chi connectivity index (χ3v) is 4.75. The van der Waals surface area contributed by atoms with Crippen LogP contribution in [0.5, 0.6) is 0 Å². The van der Waals surface area contributed by atoms with Crippen molar-refractivity contribution in [2.75, 3.05) is 26.7 Å². The van der Waals surface area contributed by atoms with E-state index in [2.05, 4.69) is 0 Å². The lowest BCUT2D eigenvalue weighted by atomic mass is 9.95. The van der Waals surface area contributed by atoms with Gasteiger partial charge in [-0.25, -0.2) is 0 Å². The molecule has 166 valence electrons. The highest BCUT2D eigenvalue weighted by Gasteiger charge is 2.32. The number of carbonyl (C=O) groups is 3. The number of halogens is 3. The molecular formula is C21H27F3N2O4. The number of hydrogen-bond donors (Lipinski definition) is 0. The first-order valence-electron chi connectivity index (χ1n) is 9.71. The molecule has 0 aliphatic carbocycles. The van der Waals surface area contributed by atoms with Crippen LogP contribution in [0.2, 0.25) is 0 Å². The Bertz CT molecular complexity index is 777. The highest BCUT2D eigenvalue weighted by Crippen LogP contribution is 2.29. The standard InChI is InChI=1S/C21H27F3N2O4/c1-20(2,3)30-17(27)13-25(4)18(28)15-9-11-26(12-10-15)19(29)14-5-7-16(8-6-14)21(22,23)24/h5-8,15H,9-13H2,1-4H3. The van der Waals surface area contributed by atoms with Gasteiger partial charge >= 0.3 is 12.1 Å². The molecule has 1 aromatic rings. The topological polar surface area (TPSA) is 66.9 Å². The Kier molecular flexibility index (Phi) is 7.15. The van der Waals surface area contributed by atoms with Gasteiger partial charge in [-0.05, 0) is 57.9 Å². The molecule has 1 aliphatic rings. The molecule has 1 aromatic carbocycles. The number of likely N-dealkylation sites (tertiary alicyclic amines) is 1. The number of benzene rings is 1. The second-order valence-corrected chi connectivity index (χ2v) is 8.42. The van der Waals surface area contributed by atoms with Crippen molar-refractivity contribution in [3.05, 3.63) is 35.4 Å². The smallest absolute Gasteiger partial charge is 0.416 e. The molecule has 0 N–H and O–H groups in total. The summed E-state index contributed by atoms with van der Waals surface area (Å²) in [5, 5.41) is 0. The summed E-state index contributed by atoms with van der Waals surface area (Å²) in [6.07, 6.45) is -3.61. The molecule has 6 nitrogen and oxygen atoms in total. The first-order chi connectivity index (χ1) is 13.8. The predicted molar refractivity (Wildman–Crippen MR) is 104 cm³/mol. The number of rotatable bonds is 4. The quantitative estimate of drug-likeness (QED) is 0.690. The number of alkyl halides is 3. The van der Waals surface area contributed by atoms with E-state index in [1.165, 1.54) is 16.8 Å². The van der Waals surface area contributed by atoms with Gasteiger partial charge in [-0.3, -0.25) is 14.4 Å². The Morgan fingerprint density at radius 2 is 1.60 bits per heavy atom. The van der Waals surface area contributed by atoms with E-state index >= 15 is 0 Å². The van der Waals surface area contributed by atoms with Crippen LogP contribution in [0, 0.1) is 5.92 Å². The van der Waals surface area contributed by atoms with E-state index in [-0.39, 0.29) is 29.8 Å². The molecule has 0 unspecified atom stereocenters. The van der Waals surface area contributed by atoms with Crippen LogP contribution in [0.25, 0.3) is 0 Å². The van der Waals surface area contributed by atoms with Crippen molar-refractivity contribution in [1.29, 1.82) is 0 Å². The molecule has 1 heterocycles. The number of carbonyl (C=O) groups excluding carboxylic acids is 3. The molecule has 0 atom stereocenters. The van der Waals surface area contributed by atoms with Crippen molar-refractivity contribution in [3.63, 3.8) is 0 Å². The fourth-order valence-corrected chi connectivity index (χ4v) is 3.27. The number of amides is 2. The van der Waals surface area contributed by atoms with Gasteiger partial charge in [0.05, 0.1) is 5.56 Å². The van der Waals surface area contributed by atoms with Crippen molar-refractivity contribution in [2.24, 2.45) is 5.92 Å². The van der Waals surface area contributed by atoms with Gasteiger partial charge in [-0.2, -0.15) is 13.2 Å². The zero-order valence-electron chi connectivity index (χ0n) is 17.6. The molecule has 0 saturated carbocycles. The van der Waals surface area contributed by atoms with Crippen LogP contribution in [-0.4, -0.2) is 59.9 Å². The van der Waals surface area contributed by atoms with Crippen LogP contribution in [0.3, 0.4) is 0 Å². The molecule has 1 fully saturated rings. The summed E-state index contributed by atoms with van der Waals surface area (Å²) in [6, 6.07) is 4.10. The SMILES string of the molecule is CN(CC(=O)OC(C)(C)C)C(=O)C1CCN(C(=O)c2ccc(C(F)(F)F)cc2)CC1. The lowest BCUT2D eigenvalue weighted by molar-refractivity contribution is -0.159. The lowest BCUT2D eigenvalue weighted by Crippen LogP contribution is -2.45. The molecule has 30 heavy (non-hydrogen) atoms. The normalized spacial score (nSPS) is 15.6. The van der Waals surface area contributed by atoms with E-state index in [0.717, 1.165) is 24.3 Å². The monoisotopic (exact) mass is 428 g/mol. The second-order valence-electron chi connectivity index (χ2n) is 8.42. The summed E-state index contributed by atoms with van der Waals surface area (Å²) in [6.45, 7) is 5.72. The summed E-state index contributed by atoms with van der Waals surface area (Å²) >= 11 is 0. The average molecular weight is 428 g/mol. The molecule has 2 amide bonds. The molecule has 0 radical (unpaired) electrons. The maximum atomic E-state index is 12.7. The van der Waals surface area contributed by atoms with E-state index in [4.69, 9.17) is 4.74 Å². The van der Waals surface area contributed by atoms with E-state index in [9.17, 15) is 27.6 Å². The summed E-state index contributed by atoms with van der Waals surface area (Å²) in [5.41, 5.74) is -1.27. The minimum Gasteiger partial charge on any atom is -0.459 e. The van der Waals surface area contributed by atoms with Crippen molar-refractivity contribution in [3.8, 4) is 0 Å². The van der Waals surface area contributed by atoms with Crippen molar-refractivity contribution in [1.82, 2.24) is 9.80 Å². The van der Waals surface area contributed by atoms with Crippen molar-refractivity contribution >= 4 is 17.8 Å². The second kappa shape index (κ2) is 9.06. The number of likely N-dealkylation sites (N-methyl/N-ethyl adjacent to an activating group) is 1. The molecule has 0 bridgehead atoms.